The molecule has 0 atom stereocenters. The number of nitrogens with zero attached hydrogens (tertiary/aromatic N) is 1. The molecule has 0 spiro atoms. The predicted octanol–water partition coefficient (Wildman–Crippen LogP) is 1.05. The third-order valence-corrected chi connectivity index (χ3v) is 3.56. The molecule has 2 N–H and O–H groups in total. The van der Waals surface area contributed by atoms with Gasteiger partial charge in [-0.2, -0.15) is 0 Å². The highest BCUT2D eigenvalue weighted by Crippen LogP contribution is 2.08. The first-order chi connectivity index (χ1) is 8.90. The fraction of sp³-hybridized carbons (Fsp3) is 0.417. The van der Waals surface area contributed by atoms with Gasteiger partial charge in [0.15, 0.2) is 5.96 Å². The molecule has 0 saturated heterocycles. The Hall–Kier alpha value is -1.27. The van der Waals surface area contributed by atoms with E-state index in [2.05, 4.69) is 15.6 Å². The second kappa shape index (κ2) is 7.35. The Morgan fingerprint density at radius 1 is 1.26 bits per heavy atom. The standard InChI is InChI=1S/C12H18ClN3O2S/c1-14-12(15-7-8-19(2,17)18)16-9-10-3-5-11(13)6-4-10/h3-6H,7-9H2,1-2H3,(H2,14,15,16). The number of hydrogen-bond acceptors (Lipinski definition) is 3. The van der Waals surface area contributed by atoms with Crippen LogP contribution >= 0.6 is 11.6 Å². The predicted molar refractivity (Wildman–Crippen MR) is 79.4 cm³/mol. The highest BCUT2D eigenvalue weighted by Gasteiger charge is 2.03. The molecule has 7 heteroatoms. The van der Waals surface area contributed by atoms with Gasteiger partial charge in [-0.1, -0.05) is 23.7 Å². The van der Waals surface area contributed by atoms with Crippen molar-refractivity contribution in [3.05, 3.63) is 34.9 Å². The summed E-state index contributed by atoms with van der Waals surface area (Å²) in [5, 5.41) is 6.73. The lowest BCUT2D eigenvalue weighted by Crippen LogP contribution is -2.39. The highest BCUT2D eigenvalue weighted by atomic mass is 35.5. The van der Waals surface area contributed by atoms with Crippen LogP contribution in [0, 0.1) is 0 Å². The number of halogens is 1. The average Bonchev–Trinajstić information content (AvgIpc) is 2.34. The van der Waals surface area contributed by atoms with Gasteiger partial charge in [-0.25, -0.2) is 8.42 Å². The minimum absolute atomic E-state index is 0.0780. The van der Waals surface area contributed by atoms with Gasteiger partial charge >= 0.3 is 0 Å². The van der Waals surface area contributed by atoms with E-state index in [9.17, 15) is 8.42 Å². The molecule has 0 amide bonds. The Morgan fingerprint density at radius 2 is 1.89 bits per heavy atom. The summed E-state index contributed by atoms with van der Waals surface area (Å²) in [6.07, 6.45) is 1.21. The van der Waals surface area contributed by atoms with Crippen LogP contribution in [-0.2, 0) is 16.4 Å². The zero-order valence-corrected chi connectivity index (χ0v) is 12.6. The Balaban J connectivity index is 2.39. The maximum absolute atomic E-state index is 11.0. The van der Waals surface area contributed by atoms with E-state index in [4.69, 9.17) is 11.6 Å². The van der Waals surface area contributed by atoms with Crippen LogP contribution in [0.25, 0.3) is 0 Å². The van der Waals surface area contributed by atoms with Crippen molar-refractivity contribution in [1.82, 2.24) is 10.6 Å². The van der Waals surface area contributed by atoms with Crippen LogP contribution in [-0.4, -0.2) is 40.0 Å². The van der Waals surface area contributed by atoms with E-state index in [1.807, 2.05) is 24.3 Å². The van der Waals surface area contributed by atoms with Crippen LogP contribution in [0.15, 0.2) is 29.3 Å². The van der Waals surface area contributed by atoms with Crippen molar-refractivity contribution in [2.45, 2.75) is 6.54 Å². The number of rotatable bonds is 5. The number of guanidine groups is 1. The lowest BCUT2D eigenvalue weighted by molar-refractivity contribution is 0.600. The summed E-state index contributed by atoms with van der Waals surface area (Å²) in [7, 11) is -1.32. The van der Waals surface area contributed by atoms with Crippen molar-refractivity contribution in [3.63, 3.8) is 0 Å². The molecule has 5 nitrogen and oxygen atoms in total. The van der Waals surface area contributed by atoms with E-state index in [1.54, 1.807) is 7.05 Å². The first kappa shape index (κ1) is 15.8. The van der Waals surface area contributed by atoms with E-state index >= 15 is 0 Å². The van der Waals surface area contributed by atoms with Gasteiger partial charge in [0.05, 0.1) is 5.75 Å². The summed E-state index contributed by atoms with van der Waals surface area (Å²) in [6.45, 7) is 0.925. The lowest BCUT2D eigenvalue weighted by atomic mass is 10.2. The van der Waals surface area contributed by atoms with E-state index in [0.29, 0.717) is 24.1 Å². The van der Waals surface area contributed by atoms with Crippen molar-refractivity contribution in [1.29, 1.82) is 0 Å². The number of nitrogens with one attached hydrogen (secondary N) is 2. The average molecular weight is 304 g/mol. The van der Waals surface area contributed by atoms with Gasteiger partial charge in [-0.3, -0.25) is 4.99 Å². The minimum atomic E-state index is -2.96. The molecule has 0 aromatic heterocycles. The molecular formula is C12H18ClN3O2S. The molecule has 0 radical (unpaired) electrons. The number of hydrogen-bond donors (Lipinski definition) is 2. The molecule has 1 rings (SSSR count). The van der Waals surface area contributed by atoms with Crippen LogP contribution in [0.1, 0.15) is 5.56 Å². The topological polar surface area (TPSA) is 70.6 Å². The van der Waals surface area contributed by atoms with Crippen LogP contribution in [0.2, 0.25) is 5.02 Å². The second-order valence-corrected chi connectivity index (χ2v) is 6.81. The Morgan fingerprint density at radius 3 is 2.42 bits per heavy atom. The SMILES string of the molecule is CN=C(NCCS(C)(=O)=O)NCc1ccc(Cl)cc1. The van der Waals surface area contributed by atoms with Crippen molar-refractivity contribution in [3.8, 4) is 0 Å². The van der Waals surface area contributed by atoms with Gasteiger partial charge in [-0.15, -0.1) is 0 Å². The van der Waals surface area contributed by atoms with Gasteiger partial charge in [0.1, 0.15) is 9.84 Å². The zero-order chi connectivity index (χ0) is 14.3. The van der Waals surface area contributed by atoms with E-state index in [0.717, 1.165) is 5.56 Å². The van der Waals surface area contributed by atoms with Crippen molar-refractivity contribution >= 4 is 27.4 Å². The van der Waals surface area contributed by atoms with Crippen LogP contribution in [0.4, 0.5) is 0 Å². The Labute approximate surface area is 119 Å². The van der Waals surface area contributed by atoms with Gasteiger partial charge in [-0.05, 0) is 17.7 Å². The molecule has 0 saturated carbocycles. The number of sulfone groups is 1. The van der Waals surface area contributed by atoms with Gasteiger partial charge < -0.3 is 10.6 Å². The van der Waals surface area contributed by atoms with Crippen LogP contribution in [0.5, 0.6) is 0 Å². The minimum Gasteiger partial charge on any atom is -0.355 e. The maximum atomic E-state index is 11.0. The number of aliphatic imine (C=N–C) groups is 1. The molecule has 0 aliphatic heterocycles. The van der Waals surface area contributed by atoms with Crippen LogP contribution < -0.4 is 10.6 Å². The third kappa shape index (κ3) is 7.03. The molecule has 19 heavy (non-hydrogen) atoms. The fourth-order valence-electron chi connectivity index (χ4n) is 1.36. The quantitative estimate of drug-likeness (QED) is 0.630. The maximum Gasteiger partial charge on any atom is 0.191 e. The molecule has 0 bridgehead atoms. The molecule has 0 unspecified atom stereocenters. The smallest absolute Gasteiger partial charge is 0.191 e. The molecule has 1 aromatic carbocycles. The number of benzene rings is 1. The first-order valence-electron chi connectivity index (χ1n) is 5.77. The van der Waals surface area contributed by atoms with Gasteiger partial charge in [0.2, 0.25) is 0 Å². The second-order valence-electron chi connectivity index (χ2n) is 4.11. The fourth-order valence-corrected chi connectivity index (χ4v) is 1.96. The molecular weight excluding hydrogens is 286 g/mol. The summed E-state index contributed by atoms with van der Waals surface area (Å²) >= 11 is 5.80. The molecule has 1 aromatic rings. The van der Waals surface area contributed by atoms with Crippen molar-refractivity contribution in [2.24, 2.45) is 4.99 Å². The molecule has 0 aliphatic carbocycles. The normalized spacial score (nSPS) is 12.3. The zero-order valence-electron chi connectivity index (χ0n) is 11.0. The third-order valence-electron chi connectivity index (χ3n) is 2.36. The monoisotopic (exact) mass is 303 g/mol. The Kier molecular flexibility index (Phi) is 6.11. The Bertz CT molecular complexity index is 526. The molecule has 0 aliphatic rings. The summed E-state index contributed by atoms with van der Waals surface area (Å²) < 4.78 is 22.0. The van der Waals surface area contributed by atoms with Crippen molar-refractivity contribution < 1.29 is 8.42 Å². The summed E-state index contributed by atoms with van der Waals surface area (Å²) in [5.74, 6) is 0.646. The van der Waals surface area contributed by atoms with Gasteiger partial charge in [0.25, 0.3) is 0 Å². The van der Waals surface area contributed by atoms with E-state index in [1.165, 1.54) is 6.26 Å². The molecule has 0 heterocycles. The first-order valence-corrected chi connectivity index (χ1v) is 8.21. The molecule has 0 fully saturated rings. The van der Waals surface area contributed by atoms with Crippen LogP contribution in [0.3, 0.4) is 0 Å². The van der Waals surface area contributed by atoms with Crippen molar-refractivity contribution in [2.75, 3.05) is 25.6 Å². The van der Waals surface area contributed by atoms with E-state index in [-0.39, 0.29) is 5.75 Å². The molecule has 106 valence electrons. The van der Waals surface area contributed by atoms with E-state index < -0.39 is 9.84 Å². The summed E-state index contributed by atoms with van der Waals surface area (Å²) in [6, 6.07) is 7.47. The summed E-state index contributed by atoms with van der Waals surface area (Å²) in [5.41, 5.74) is 1.07. The lowest BCUT2D eigenvalue weighted by Gasteiger charge is -2.11. The summed E-state index contributed by atoms with van der Waals surface area (Å²) in [4.78, 5) is 4.01. The highest BCUT2D eigenvalue weighted by molar-refractivity contribution is 7.90. The largest absolute Gasteiger partial charge is 0.355 e. The van der Waals surface area contributed by atoms with Gasteiger partial charge in [0, 0.05) is 31.4 Å².